The molecule has 1 nitrogen and oxygen atoms in total. The highest BCUT2D eigenvalue weighted by Crippen LogP contribution is 2.44. The van der Waals surface area contributed by atoms with Crippen LogP contribution in [0.3, 0.4) is 0 Å². The van der Waals surface area contributed by atoms with E-state index < -0.39 is 0 Å². The zero-order valence-corrected chi connectivity index (χ0v) is 11.0. The quantitative estimate of drug-likeness (QED) is 0.774. The van der Waals surface area contributed by atoms with Crippen molar-refractivity contribution < 1.29 is 0 Å². The van der Waals surface area contributed by atoms with E-state index in [-0.39, 0.29) is 5.41 Å². The zero-order valence-electron chi connectivity index (χ0n) is 11.0. The first-order chi connectivity index (χ1) is 8.67. The number of hydrogen-bond donors (Lipinski definition) is 1. The van der Waals surface area contributed by atoms with Gasteiger partial charge in [-0.2, -0.15) is 0 Å². The third-order valence-electron chi connectivity index (χ3n) is 3.88. The van der Waals surface area contributed by atoms with E-state index in [0.29, 0.717) is 6.04 Å². The van der Waals surface area contributed by atoms with Crippen molar-refractivity contribution in [2.24, 2.45) is 5.41 Å². The average molecular weight is 237 g/mol. The first kappa shape index (κ1) is 11.3. The van der Waals surface area contributed by atoms with Crippen molar-refractivity contribution >= 4 is 5.69 Å². The molecule has 1 heterocycles. The van der Waals surface area contributed by atoms with E-state index >= 15 is 0 Å². The monoisotopic (exact) mass is 237 g/mol. The van der Waals surface area contributed by atoms with Gasteiger partial charge in [-0.25, -0.2) is 0 Å². The molecule has 0 fully saturated rings. The second-order valence-electron chi connectivity index (χ2n) is 5.81. The van der Waals surface area contributed by atoms with Crippen LogP contribution in [0.5, 0.6) is 0 Å². The number of para-hydroxylation sites is 1. The van der Waals surface area contributed by atoms with Gasteiger partial charge in [-0.3, -0.25) is 0 Å². The van der Waals surface area contributed by atoms with Gasteiger partial charge >= 0.3 is 0 Å². The third-order valence-corrected chi connectivity index (χ3v) is 3.88. The van der Waals surface area contributed by atoms with Gasteiger partial charge in [0, 0.05) is 5.69 Å². The number of benzene rings is 2. The molecule has 2 aromatic rings. The normalized spacial score (nSPS) is 20.9. The van der Waals surface area contributed by atoms with Crippen LogP contribution >= 0.6 is 0 Å². The lowest BCUT2D eigenvalue weighted by atomic mass is 9.73. The molecule has 0 aliphatic carbocycles. The Morgan fingerprint density at radius 3 is 2.39 bits per heavy atom. The van der Waals surface area contributed by atoms with E-state index in [1.807, 2.05) is 0 Å². The second-order valence-corrected chi connectivity index (χ2v) is 5.81. The number of nitrogens with one attached hydrogen (secondary N) is 1. The van der Waals surface area contributed by atoms with Gasteiger partial charge in [0.1, 0.15) is 0 Å². The molecule has 1 unspecified atom stereocenters. The summed E-state index contributed by atoms with van der Waals surface area (Å²) in [6, 6.07) is 19.8. The van der Waals surface area contributed by atoms with Crippen LogP contribution in [-0.4, -0.2) is 0 Å². The lowest BCUT2D eigenvalue weighted by Gasteiger charge is -2.41. The summed E-state index contributed by atoms with van der Waals surface area (Å²) < 4.78 is 0. The van der Waals surface area contributed by atoms with Crippen molar-refractivity contribution in [3.63, 3.8) is 0 Å². The highest BCUT2D eigenvalue weighted by molar-refractivity contribution is 5.56. The van der Waals surface area contributed by atoms with E-state index in [2.05, 4.69) is 73.8 Å². The second kappa shape index (κ2) is 4.16. The smallest absolute Gasteiger partial charge is 0.0568 e. The molecule has 0 spiro atoms. The first-order valence-electron chi connectivity index (χ1n) is 6.56. The Morgan fingerprint density at radius 2 is 1.61 bits per heavy atom. The molecule has 1 aliphatic heterocycles. The maximum atomic E-state index is 3.70. The number of fused-ring (bicyclic) bond motifs is 1. The third kappa shape index (κ3) is 1.90. The lowest BCUT2D eigenvalue weighted by molar-refractivity contribution is 0.295. The van der Waals surface area contributed by atoms with E-state index in [1.54, 1.807) is 0 Å². The molecule has 1 aliphatic rings. The molecule has 3 rings (SSSR count). The highest BCUT2D eigenvalue weighted by atomic mass is 15.0. The lowest BCUT2D eigenvalue weighted by Crippen LogP contribution is -2.34. The molecule has 0 aromatic heterocycles. The summed E-state index contributed by atoms with van der Waals surface area (Å²) >= 11 is 0. The van der Waals surface area contributed by atoms with Gasteiger partial charge in [0.05, 0.1) is 6.04 Å². The molecule has 0 bridgehead atoms. The van der Waals surface area contributed by atoms with Crippen LogP contribution in [-0.2, 0) is 6.42 Å². The Bertz CT molecular complexity index is 543. The maximum absolute atomic E-state index is 3.70. The minimum atomic E-state index is 0.232. The summed E-state index contributed by atoms with van der Waals surface area (Å²) in [5.74, 6) is 0. The topological polar surface area (TPSA) is 12.0 Å². The number of rotatable bonds is 1. The van der Waals surface area contributed by atoms with E-state index in [9.17, 15) is 0 Å². The maximum Gasteiger partial charge on any atom is 0.0568 e. The molecule has 2 aromatic carbocycles. The summed E-state index contributed by atoms with van der Waals surface area (Å²) in [5.41, 5.74) is 4.31. The van der Waals surface area contributed by atoms with E-state index in [0.717, 1.165) is 6.42 Å². The Kier molecular flexibility index (Phi) is 2.62. The fourth-order valence-electron chi connectivity index (χ4n) is 2.94. The van der Waals surface area contributed by atoms with Gasteiger partial charge in [-0.1, -0.05) is 62.4 Å². The number of anilines is 1. The van der Waals surface area contributed by atoms with Crippen LogP contribution in [0.4, 0.5) is 5.69 Å². The molecule has 0 amide bonds. The Hall–Kier alpha value is -1.76. The largest absolute Gasteiger partial charge is 0.377 e. The van der Waals surface area contributed by atoms with Gasteiger partial charge in [-0.15, -0.1) is 0 Å². The van der Waals surface area contributed by atoms with Crippen molar-refractivity contribution in [1.82, 2.24) is 0 Å². The first-order valence-corrected chi connectivity index (χ1v) is 6.56. The summed E-state index contributed by atoms with van der Waals surface area (Å²) in [7, 11) is 0. The van der Waals surface area contributed by atoms with Crippen LogP contribution in [0.25, 0.3) is 0 Å². The summed E-state index contributed by atoms with van der Waals surface area (Å²) in [5, 5.41) is 3.70. The Morgan fingerprint density at radius 1 is 0.944 bits per heavy atom. The van der Waals surface area contributed by atoms with Gasteiger partial charge in [0.2, 0.25) is 0 Å². The van der Waals surface area contributed by atoms with Gasteiger partial charge in [-0.05, 0) is 29.0 Å². The van der Waals surface area contributed by atoms with Crippen molar-refractivity contribution in [2.75, 3.05) is 5.32 Å². The standard InChI is InChI=1S/C17H19N/c1-17(2)12-14-10-6-7-11-15(14)18-16(17)13-8-4-3-5-9-13/h3-11,16,18H,12H2,1-2H3. The molecular formula is C17H19N. The molecule has 0 saturated carbocycles. The summed E-state index contributed by atoms with van der Waals surface area (Å²) in [6.45, 7) is 4.68. The van der Waals surface area contributed by atoms with Crippen LogP contribution in [0.2, 0.25) is 0 Å². The Balaban J connectivity index is 2.02. The zero-order chi connectivity index (χ0) is 12.6. The minimum absolute atomic E-state index is 0.232. The SMILES string of the molecule is CC1(C)Cc2ccccc2NC1c1ccccc1. The molecule has 18 heavy (non-hydrogen) atoms. The summed E-state index contributed by atoms with van der Waals surface area (Å²) in [6.07, 6.45) is 1.12. The van der Waals surface area contributed by atoms with Gasteiger partial charge in [0.25, 0.3) is 0 Å². The molecular weight excluding hydrogens is 218 g/mol. The molecule has 0 saturated heterocycles. The average Bonchev–Trinajstić information content (AvgIpc) is 2.38. The van der Waals surface area contributed by atoms with Gasteiger partial charge < -0.3 is 5.32 Å². The minimum Gasteiger partial charge on any atom is -0.377 e. The van der Waals surface area contributed by atoms with Gasteiger partial charge in [0.15, 0.2) is 0 Å². The van der Waals surface area contributed by atoms with Crippen molar-refractivity contribution in [3.05, 3.63) is 65.7 Å². The van der Waals surface area contributed by atoms with Crippen LogP contribution in [0.1, 0.15) is 31.0 Å². The summed E-state index contributed by atoms with van der Waals surface area (Å²) in [4.78, 5) is 0. The number of hydrogen-bond acceptors (Lipinski definition) is 1. The predicted octanol–water partition coefficient (Wildman–Crippen LogP) is 4.42. The van der Waals surface area contributed by atoms with Crippen molar-refractivity contribution in [2.45, 2.75) is 26.3 Å². The van der Waals surface area contributed by atoms with E-state index in [1.165, 1.54) is 16.8 Å². The fourth-order valence-corrected chi connectivity index (χ4v) is 2.94. The Labute approximate surface area is 109 Å². The molecule has 0 radical (unpaired) electrons. The van der Waals surface area contributed by atoms with Crippen LogP contribution in [0, 0.1) is 5.41 Å². The molecule has 1 N–H and O–H groups in total. The van der Waals surface area contributed by atoms with Crippen LogP contribution in [0.15, 0.2) is 54.6 Å². The molecule has 1 atom stereocenters. The highest BCUT2D eigenvalue weighted by Gasteiger charge is 2.35. The predicted molar refractivity (Wildman–Crippen MR) is 76.7 cm³/mol. The van der Waals surface area contributed by atoms with Crippen LogP contribution < -0.4 is 5.32 Å². The fraction of sp³-hybridized carbons (Fsp3) is 0.294. The van der Waals surface area contributed by atoms with Crippen molar-refractivity contribution in [3.8, 4) is 0 Å². The molecule has 92 valence electrons. The van der Waals surface area contributed by atoms with E-state index in [4.69, 9.17) is 0 Å². The van der Waals surface area contributed by atoms with Crippen molar-refractivity contribution in [1.29, 1.82) is 0 Å². The molecule has 1 heteroatoms.